The summed E-state index contributed by atoms with van der Waals surface area (Å²) in [7, 11) is 1.54. The molecule has 0 saturated carbocycles. The number of amides is 2. The molecule has 1 aromatic heterocycles. The zero-order valence-electron chi connectivity index (χ0n) is 18.9. The van der Waals surface area contributed by atoms with E-state index in [0.717, 1.165) is 11.3 Å². The minimum absolute atomic E-state index is 0.00925. The van der Waals surface area contributed by atoms with Gasteiger partial charge in [0.15, 0.2) is 11.5 Å². The molecular formula is C26H26N2O5. The van der Waals surface area contributed by atoms with Gasteiger partial charge in [-0.2, -0.15) is 0 Å². The predicted molar refractivity (Wildman–Crippen MR) is 123 cm³/mol. The SMILES string of the molecule is CCOc1cc([C@@H](CC(C)=O)N2C(=O)c3cccc(Cc4ccc[nH]4)c3C2=O)ccc1OC. The Bertz CT molecular complexity index is 1200. The van der Waals surface area contributed by atoms with E-state index in [1.54, 1.807) is 37.4 Å². The van der Waals surface area contributed by atoms with E-state index < -0.39 is 17.9 Å². The number of benzene rings is 2. The smallest absolute Gasteiger partial charge is 0.262 e. The first kappa shape index (κ1) is 22.3. The van der Waals surface area contributed by atoms with Crippen molar-refractivity contribution < 1.29 is 23.9 Å². The van der Waals surface area contributed by atoms with E-state index in [2.05, 4.69) is 4.98 Å². The molecule has 2 aromatic carbocycles. The molecule has 33 heavy (non-hydrogen) atoms. The molecule has 0 radical (unpaired) electrons. The lowest BCUT2D eigenvalue weighted by Crippen LogP contribution is -2.35. The van der Waals surface area contributed by atoms with Crippen LogP contribution in [0.3, 0.4) is 0 Å². The van der Waals surface area contributed by atoms with Gasteiger partial charge in [-0.25, -0.2) is 0 Å². The number of imide groups is 1. The van der Waals surface area contributed by atoms with Crippen molar-refractivity contribution in [2.24, 2.45) is 0 Å². The lowest BCUT2D eigenvalue weighted by Gasteiger charge is -2.26. The highest BCUT2D eigenvalue weighted by atomic mass is 16.5. The topological polar surface area (TPSA) is 88.7 Å². The number of carbonyl (C=O) groups is 3. The summed E-state index contributed by atoms with van der Waals surface area (Å²) in [6.45, 7) is 3.73. The first-order valence-corrected chi connectivity index (χ1v) is 10.9. The lowest BCUT2D eigenvalue weighted by atomic mass is 9.98. The Morgan fingerprint density at radius 3 is 2.55 bits per heavy atom. The molecule has 0 spiro atoms. The number of nitrogens with zero attached hydrogens (tertiary/aromatic N) is 1. The molecule has 0 fully saturated rings. The number of carbonyl (C=O) groups excluding carboxylic acids is 3. The van der Waals surface area contributed by atoms with Crippen LogP contribution in [0.4, 0.5) is 0 Å². The van der Waals surface area contributed by atoms with Crippen LogP contribution >= 0.6 is 0 Å². The highest BCUT2D eigenvalue weighted by molar-refractivity contribution is 6.22. The number of methoxy groups -OCH3 is 1. The van der Waals surface area contributed by atoms with E-state index in [4.69, 9.17) is 9.47 Å². The number of H-pyrrole nitrogens is 1. The molecule has 7 nitrogen and oxygen atoms in total. The van der Waals surface area contributed by atoms with Crippen LogP contribution in [0.15, 0.2) is 54.7 Å². The van der Waals surface area contributed by atoms with Crippen LogP contribution in [0, 0.1) is 0 Å². The quantitative estimate of drug-likeness (QED) is 0.494. The van der Waals surface area contributed by atoms with Crippen LogP contribution in [0.25, 0.3) is 0 Å². The van der Waals surface area contributed by atoms with Gasteiger partial charge in [0.2, 0.25) is 0 Å². The molecule has 0 aliphatic carbocycles. The molecule has 2 heterocycles. The molecule has 2 amide bonds. The number of fused-ring (bicyclic) bond motifs is 1. The summed E-state index contributed by atoms with van der Waals surface area (Å²) in [5.41, 5.74) is 3.09. The van der Waals surface area contributed by atoms with Crippen LogP contribution in [0.1, 0.15) is 63.8 Å². The fraction of sp³-hybridized carbons (Fsp3) is 0.269. The lowest BCUT2D eigenvalue weighted by molar-refractivity contribution is -0.117. The zero-order valence-corrected chi connectivity index (χ0v) is 18.9. The zero-order chi connectivity index (χ0) is 23.5. The Hall–Kier alpha value is -3.87. The van der Waals surface area contributed by atoms with E-state index >= 15 is 0 Å². The largest absolute Gasteiger partial charge is 0.493 e. The Labute approximate surface area is 192 Å². The third kappa shape index (κ3) is 4.26. The molecular weight excluding hydrogens is 420 g/mol. The number of aromatic amines is 1. The minimum Gasteiger partial charge on any atom is -0.493 e. The van der Waals surface area contributed by atoms with Crippen molar-refractivity contribution in [1.29, 1.82) is 0 Å². The molecule has 7 heteroatoms. The van der Waals surface area contributed by atoms with Crippen LogP contribution in [0.2, 0.25) is 0 Å². The molecule has 1 aliphatic rings. The average Bonchev–Trinajstić information content (AvgIpc) is 3.39. The van der Waals surface area contributed by atoms with Crippen molar-refractivity contribution in [3.63, 3.8) is 0 Å². The highest BCUT2D eigenvalue weighted by Crippen LogP contribution is 2.38. The van der Waals surface area contributed by atoms with Gasteiger partial charge in [-0.15, -0.1) is 0 Å². The van der Waals surface area contributed by atoms with Crippen LogP contribution in [0.5, 0.6) is 11.5 Å². The molecule has 0 unspecified atom stereocenters. The van der Waals surface area contributed by atoms with Gasteiger partial charge in [-0.3, -0.25) is 19.3 Å². The molecule has 1 aliphatic heterocycles. The number of ketones is 1. The second kappa shape index (κ2) is 9.32. The first-order chi connectivity index (χ1) is 15.9. The van der Waals surface area contributed by atoms with E-state index in [9.17, 15) is 14.4 Å². The Morgan fingerprint density at radius 2 is 1.88 bits per heavy atom. The molecule has 1 N–H and O–H groups in total. The van der Waals surface area contributed by atoms with Crippen molar-refractivity contribution in [2.75, 3.05) is 13.7 Å². The van der Waals surface area contributed by atoms with Crippen LogP contribution < -0.4 is 9.47 Å². The van der Waals surface area contributed by atoms with E-state index in [1.807, 2.05) is 31.3 Å². The molecule has 4 rings (SSSR count). The molecule has 3 aromatic rings. The summed E-state index contributed by atoms with van der Waals surface area (Å²) >= 11 is 0. The number of Topliss-reactive ketones (excluding diaryl/α,β-unsaturated/α-hetero) is 1. The Balaban J connectivity index is 1.76. The summed E-state index contributed by atoms with van der Waals surface area (Å²) in [4.78, 5) is 43.6. The summed E-state index contributed by atoms with van der Waals surface area (Å²) in [6, 6.07) is 13.6. The number of rotatable bonds is 9. The number of hydrogen-bond donors (Lipinski definition) is 1. The summed E-state index contributed by atoms with van der Waals surface area (Å²) < 4.78 is 11.0. The highest BCUT2D eigenvalue weighted by Gasteiger charge is 2.42. The number of aromatic nitrogens is 1. The van der Waals surface area contributed by atoms with Gasteiger partial charge in [0.25, 0.3) is 11.8 Å². The maximum atomic E-state index is 13.6. The third-order valence-corrected chi connectivity index (χ3v) is 5.74. The fourth-order valence-electron chi connectivity index (χ4n) is 4.29. The number of ether oxygens (including phenoxy) is 2. The minimum atomic E-state index is -0.752. The van der Waals surface area contributed by atoms with Crippen molar-refractivity contribution in [3.05, 3.63) is 82.7 Å². The van der Waals surface area contributed by atoms with Gasteiger partial charge in [-0.05, 0) is 55.3 Å². The van der Waals surface area contributed by atoms with Crippen molar-refractivity contribution >= 4 is 17.6 Å². The first-order valence-electron chi connectivity index (χ1n) is 10.9. The van der Waals surface area contributed by atoms with Gasteiger partial charge in [0.05, 0.1) is 30.9 Å². The van der Waals surface area contributed by atoms with Gasteiger partial charge in [0.1, 0.15) is 5.78 Å². The standard InChI is InChI=1S/C26H26N2O5/c1-4-33-23-15-17(10-11-22(23)32-3)21(13-16(2)29)28-25(30)20-9-5-7-18(24(20)26(28)31)14-19-8-6-12-27-19/h5-12,15,21,27H,4,13-14H2,1-3H3/t21-/m1/s1. The monoisotopic (exact) mass is 446 g/mol. The normalized spacial score (nSPS) is 13.7. The predicted octanol–water partition coefficient (Wildman–Crippen LogP) is 4.33. The molecule has 1 atom stereocenters. The second-order valence-corrected chi connectivity index (χ2v) is 7.96. The van der Waals surface area contributed by atoms with Crippen molar-refractivity contribution in [2.45, 2.75) is 32.7 Å². The maximum Gasteiger partial charge on any atom is 0.262 e. The molecule has 170 valence electrons. The summed E-state index contributed by atoms with van der Waals surface area (Å²) in [5.74, 6) is 0.116. The second-order valence-electron chi connectivity index (χ2n) is 7.96. The van der Waals surface area contributed by atoms with Crippen molar-refractivity contribution in [3.8, 4) is 11.5 Å². The van der Waals surface area contributed by atoms with E-state index in [-0.39, 0.29) is 12.2 Å². The number of hydrogen-bond acceptors (Lipinski definition) is 5. The maximum absolute atomic E-state index is 13.6. The molecule has 0 bridgehead atoms. The van der Waals surface area contributed by atoms with E-state index in [0.29, 0.717) is 41.2 Å². The van der Waals surface area contributed by atoms with Gasteiger partial charge >= 0.3 is 0 Å². The Morgan fingerprint density at radius 1 is 1.06 bits per heavy atom. The third-order valence-electron chi connectivity index (χ3n) is 5.74. The fourth-order valence-corrected chi connectivity index (χ4v) is 4.29. The van der Waals surface area contributed by atoms with Crippen LogP contribution in [-0.4, -0.2) is 41.2 Å². The van der Waals surface area contributed by atoms with E-state index in [1.165, 1.54) is 11.8 Å². The molecule has 0 saturated heterocycles. The Kier molecular flexibility index (Phi) is 6.31. The van der Waals surface area contributed by atoms with Gasteiger partial charge in [0, 0.05) is 24.7 Å². The summed E-state index contributed by atoms with van der Waals surface area (Å²) in [5, 5.41) is 0. The van der Waals surface area contributed by atoms with Crippen molar-refractivity contribution in [1.82, 2.24) is 9.88 Å². The van der Waals surface area contributed by atoms with Gasteiger partial charge in [-0.1, -0.05) is 18.2 Å². The average molecular weight is 447 g/mol. The van der Waals surface area contributed by atoms with Gasteiger partial charge < -0.3 is 14.5 Å². The summed E-state index contributed by atoms with van der Waals surface area (Å²) in [6.07, 6.45) is 2.33. The van der Waals surface area contributed by atoms with Crippen LogP contribution in [-0.2, 0) is 11.2 Å². The number of nitrogens with one attached hydrogen (secondary N) is 1.